The van der Waals surface area contributed by atoms with Gasteiger partial charge in [-0.05, 0) is 26.7 Å². The lowest BCUT2D eigenvalue weighted by Crippen LogP contribution is -2.46. The predicted molar refractivity (Wildman–Crippen MR) is 85.8 cm³/mol. The van der Waals surface area contributed by atoms with Crippen molar-refractivity contribution in [2.24, 2.45) is 5.92 Å². The van der Waals surface area contributed by atoms with Gasteiger partial charge in [-0.1, -0.05) is 48.0 Å². The minimum absolute atomic E-state index is 0.0378. The van der Waals surface area contributed by atoms with Crippen LogP contribution in [0.4, 0.5) is 0 Å². The Morgan fingerprint density at radius 3 is 1.65 bits per heavy atom. The number of amides is 1. The average molecular weight is 289 g/mol. The Morgan fingerprint density at radius 1 is 1.00 bits per heavy atom. The van der Waals surface area contributed by atoms with Crippen LogP contribution in [0.25, 0.3) is 0 Å². The summed E-state index contributed by atoms with van der Waals surface area (Å²) >= 11 is 0. The van der Waals surface area contributed by atoms with E-state index in [1.807, 2.05) is 48.5 Å². The highest BCUT2D eigenvalue weighted by molar-refractivity contribution is 5.93. The van der Waals surface area contributed by atoms with Crippen molar-refractivity contribution in [3.63, 3.8) is 0 Å². The summed E-state index contributed by atoms with van der Waals surface area (Å²) in [7, 11) is 0. The summed E-state index contributed by atoms with van der Waals surface area (Å²) in [5.74, 6) is -0.984. The molecule has 0 fully saturated rings. The summed E-state index contributed by atoms with van der Waals surface area (Å²) in [5, 5.41) is 8.64. The zero-order valence-corrected chi connectivity index (χ0v) is 14.9. The zero-order valence-electron chi connectivity index (χ0n) is 14.9. The number of carboxylic acids is 1. The molecule has 0 unspecified atom stereocenters. The lowest BCUT2D eigenvalue weighted by Gasteiger charge is -2.36. The molecule has 4 nitrogen and oxygen atoms in total. The van der Waals surface area contributed by atoms with Crippen molar-refractivity contribution in [2.45, 2.75) is 87.2 Å². The topological polar surface area (TPSA) is 57.6 Å². The molecule has 0 bridgehead atoms. The van der Waals surface area contributed by atoms with E-state index in [4.69, 9.17) is 5.11 Å². The number of carboxylic acid groups (broad SMARTS) is 1. The molecule has 0 heterocycles. The van der Waals surface area contributed by atoms with E-state index in [0.717, 1.165) is 6.42 Å². The molecular formula is C16H35NO3. The van der Waals surface area contributed by atoms with Crippen molar-refractivity contribution in [3.05, 3.63) is 0 Å². The van der Waals surface area contributed by atoms with Gasteiger partial charge in [-0.3, -0.25) is 9.59 Å². The molecule has 1 amide bonds. The monoisotopic (exact) mass is 289 g/mol. The Hall–Kier alpha value is -1.06. The Morgan fingerprint density at radius 2 is 1.40 bits per heavy atom. The Bertz CT molecular complexity index is 252. The number of carbonyl (C=O) groups is 2. The first-order valence-electron chi connectivity index (χ1n) is 7.84. The van der Waals surface area contributed by atoms with E-state index in [2.05, 4.69) is 13.8 Å². The van der Waals surface area contributed by atoms with Crippen molar-refractivity contribution in [1.29, 1.82) is 0 Å². The molecule has 0 saturated heterocycles. The van der Waals surface area contributed by atoms with Crippen LogP contribution in [0.1, 0.15) is 75.2 Å². The minimum atomic E-state index is -1.06. The van der Waals surface area contributed by atoms with Crippen LogP contribution in [0.5, 0.6) is 0 Å². The molecule has 0 aromatic carbocycles. The highest BCUT2D eigenvalue weighted by Gasteiger charge is 2.27. The van der Waals surface area contributed by atoms with Gasteiger partial charge in [0.15, 0.2) is 0 Å². The normalized spacial score (nSPS) is 12.3. The van der Waals surface area contributed by atoms with E-state index < -0.39 is 12.4 Å². The molecule has 1 N–H and O–H groups in total. The lowest BCUT2D eigenvalue weighted by atomic mass is 9.98. The smallest absolute Gasteiger partial charge is 0.312 e. The average Bonchev–Trinajstić information content (AvgIpc) is 2.41. The van der Waals surface area contributed by atoms with Gasteiger partial charge in [0.05, 0.1) is 0 Å². The second kappa shape index (κ2) is 14.4. The molecule has 0 aromatic heterocycles. The first-order valence-corrected chi connectivity index (χ1v) is 7.84. The van der Waals surface area contributed by atoms with Gasteiger partial charge >= 0.3 is 5.97 Å². The highest BCUT2D eigenvalue weighted by atomic mass is 16.4. The van der Waals surface area contributed by atoms with Crippen molar-refractivity contribution in [1.82, 2.24) is 4.90 Å². The first kappa shape index (κ1) is 24.0. The molecule has 0 rings (SSSR count). The molecule has 0 spiro atoms. The highest BCUT2D eigenvalue weighted by Crippen LogP contribution is 2.18. The van der Waals surface area contributed by atoms with Gasteiger partial charge in [-0.25, -0.2) is 0 Å². The van der Waals surface area contributed by atoms with E-state index >= 15 is 0 Å². The summed E-state index contributed by atoms with van der Waals surface area (Å²) in [5.41, 5.74) is 0. The quantitative estimate of drug-likeness (QED) is 0.746. The van der Waals surface area contributed by atoms with Crippen molar-refractivity contribution >= 4 is 11.9 Å². The Labute approximate surface area is 125 Å². The SMILES string of the molecule is CC.CC.CC[C@@H](C)[C@H](C)N(C(=O)CC(=O)O)C(C)C. The fraction of sp³-hybridized carbons (Fsp3) is 0.875. The van der Waals surface area contributed by atoms with Crippen molar-refractivity contribution in [3.8, 4) is 0 Å². The van der Waals surface area contributed by atoms with E-state index in [9.17, 15) is 9.59 Å². The number of hydrogen-bond donors (Lipinski definition) is 1. The molecule has 2 atom stereocenters. The van der Waals surface area contributed by atoms with Gasteiger partial charge in [0, 0.05) is 12.1 Å². The van der Waals surface area contributed by atoms with Gasteiger partial charge in [0.25, 0.3) is 0 Å². The molecular weight excluding hydrogens is 254 g/mol. The standard InChI is InChI=1S/C12H23NO3.2C2H6/c1-6-9(4)10(5)13(8(2)3)11(14)7-12(15)16;2*1-2/h8-10H,6-7H2,1-5H3,(H,15,16);2*1-2H3/t9-,10+;;/m1../s1. The molecule has 0 aliphatic carbocycles. The Kier molecular flexibility index (Phi) is 17.2. The molecule has 0 radical (unpaired) electrons. The third kappa shape index (κ3) is 9.82. The molecule has 0 aromatic rings. The van der Waals surface area contributed by atoms with Crippen molar-refractivity contribution < 1.29 is 14.7 Å². The van der Waals surface area contributed by atoms with Gasteiger partial charge in [0.1, 0.15) is 6.42 Å². The van der Waals surface area contributed by atoms with E-state index in [-0.39, 0.29) is 18.0 Å². The first-order chi connectivity index (χ1) is 9.31. The fourth-order valence-corrected chi connectivity index (χ4v) is 1.82. The van der Waals surface area contributed by atoms with Crippen LogP contribution in [0.15, 0.2) is 0 Å². The zero-order chi connectivity index (χ0) is 16.9. The van der Waals surface area contributed by atoms with E-state index in [1.54, 1.807) is 4.90 Å². The summed E-state index contributed by atoms with van der Waals surface area (Å²) in [6.07, 6.45) is 0.559. The number of nitrogens with zero attached hydrogens (tertiary/aromatic N) is 1. The summed E-state index contributed by atoms with van der Waals surface area (Å²) in [6.45, 7) is 18.0. The van der Waals surface area contributed by atoms with Gasteiger partial charge in [0.2, 0.25) is 5.91 Å². The second-order valence-corrected chi connectivity index (χ2v) is 4.59. The maximum absolute atomic E-state index is 11.8. The number of aliphatic carboxylic acids is 1. The van der Waals surface area contributed by atoms with Gasteiger partial charge in [-0.2, -0.15) is 0 Å². The summed E-state index contributed by atoms with van der Waals surface area (Å²) in [6, 6.07) is 0.118. The molecule has 20 heavy (non-hydrogen) atoms. The van der Waals surface area contributed by atoms with E-state index in [1.165, 1.54) is 0 Å². The fourth-order valence-electron chi connectivity index (χ4n) is 1.82. The number of carbonyl (C=O) groups excluding carboxylic acids is 1. The molecule has 0 aliphatic heterocycles. The van der Waals surface area contributed by atoms with Crippen LogP contribution in [0, 0.1) is 5.92 Å². The summed E-state index contributed by atoms with van der Waals surface area (Å²) < 4.78 is 0. The number of hydrogen-bond acceptors (Lipinski definition) is 2. The van der Waals surface area contributed by atoms with Crippen LogP contribution < -0.4 is 0 Å². The van der Waals surface area contributed by atoms with Crippen LogP contribution in [-0.4, -0.2) is 34.0 Å². The van der Waals surface area contributed by atoms with Crippen LogP contribution in [0.2, 0.25) is 0 Å². The predicted octanol–water partition coefficient (Wildman–Crippen LogP) is 4.19. The third-order valence-corrected chi connectivity index (χ3v) is 3.05. The summed E-state index contributed by atoms with van der Waals surface area (Å²) in [4.78, 5) is 24.0. The molecule has 122 valence electrons. The lowest BCUT2D eigenvalue weighted by molar-refractivity contribution is -0.146. The van der Waals surface area contributed by atoms with Crippen LogP contribution >= 0.6 is 0 Å². The second-order valence-electron chi connectivity index (χ2n) is 4.59. The molecule has 0 saturated carbocycles. The third-order valence-electron chi connectivity index (χ3n) is 3.05. The largest absolute Gasteiger partial charge is 0.481 e. The van der Waals surface area contributed by atoms with Gasteiger partial charge < -0.3 is 10.0 Å². The minimum Gasteiger partial charge on any atom is -0.481 e. The van der Waals surface area contributed by atoms with Crippen molar-refractivity contribution in [2.75, 3.05) is 0 Å². The maximum atomic E-state index is 11.8. The van der Waals surface area contributed by atoms with E-state index in [0.29, 0.717) is 5.92 Å². The molecule has 4 heteroatoms. The van der Waals surface area contributed by atoms with Crippen LogP contribution in [0.3, 0.4) is 0 Å². The van der Waals surface area contributed by atoms with Gasteiger partial charge in [-0.15, -0.1) is 0 Å². The Balaban J connectivity index is -0.000000656. The number of rotatable bonds is 6. The van der Waals surface area contributed by atoms with Crippen LogP contribution in [-0.2, 0) is 9.59 Å². The molecule has 0 aliphatic rings. The maximum Gasteiger partial charge on any atom is 0.312 e.